The van der Waals surface area contributed by atoms with Crippen molar-refractivity contribution in [3.05, 3.63) is 0 Å². The fourth-order valence-electron chi connectivity index (χ4n) is 7.57. The van der Waals surface area contributed by atoms with Gasteiger partial charge in [-0.25, -0.2) is 4.39 Å². The molecule has 0 heterocycles. The Morgan fingerprint density at radius 2 is 1.79 bits per heavy atom. The maximum atomic E-state index is 16.8. The van der Waals surface area contributed by atoms with E-state index in [1.54, 1.807) is 0 Å². The van der Waals surface area contributed by atoms with E-state index >= 15 is 4.39 Å². The molecule has 0 aromatic heterocycles. The molecular formula is C23H31FO5. The van der Waals surface area contributed by atoms with Crippen LogP contribution in [0.4, 0.5) is 4.39 Å². The minimum atomic E-state index is -1.91. The van der Waals surface area contributed by atoms with Gasteiger partial charge < -0.3 is 4.74 Å². The number of ketones is 3. The topological polar surface area (TPSA) is 77.5 Å². The van der Waals surface area contributed by atoms with Gasteiger partial charge >= 0.3 is 5.97 Å². The smallest absolute Gasteiger partial charge is 0.303 e. The number of hydrogen-bond donors (Lipinski definition) is 0. The summed E-state index contributed by atoms with van der Waals surface area (Å²) < 4.78 is 21.7. The van der Waals surface area contributed by atoms with Gasteiger partial charge in [-0.15, -0.1) is 0 Å². The molecule has 0 saturated heterocycles. The average molecular weight is 406 g/mol. The Morgan fingerprint density at radius 3 is 2.48 bits per heavy atom. The Bertz CT molecular complexity index is 777. The van der Waals surface area contributed by atoms with Crippen molar-refractivity contribution in [1.82, 2.24) is 0 Å². The molecule has 6 heteroatoms. The van der Waals surface area contributed by atoms with Crippen LogP contribution in [-0.2, 0) is 23.9 Å². The number of carbonyl (C=O) groups is 4. The SMILES string of the molecule is CC(=O)OCC(=O)[C@H]1CC[C@H]2[C@@H]3CC[C@H]4CC(=O)CC[C@]4(C)[C@@]3(F)C(=O)C[C@]12C. The lowest BCUT2D eigenvalue weighted by atomic mass is 9.43. The summed E-state index contributed by atoms with van der Waals surface area (Å²) in [6, 6.07) is 0. The molecule has 4 rings (SSSR count). The number of carbonyl (C=O) groups excluding carboxylic acids is 4. The van der Waals surface area contributed by atoms with Crippen LogP contribution in [0.25, 0.3) is 0 Å². The van der Waals surface area contributed by atoms with Gasteiger partial charge in [0, 0.05) is 43.4 Å². The second kappa shape index (κ2) is 6.71. The van der Waals surface area contributed by atoms with Crippen molar-refractivity contribution in [3.8, 4) is 0 Å². The zero-order chi connectivity index (χ0) is 21.2. The van der Waals surface area contributed by atoms with Crippen molar-refractivity contribution in [3.63, 3.8) is 0 Å². The highest BCUT2D eigenvalue weighted by Crippen LogP contribution is 2.69. The molecule has 160 valence electrons. The molecule has 0 aromatic carbocycles. The first-order chi connectivity index (χ1) is 13.5. The van der Waals surface area contributed by atoms with E-state index in [1.807, 2.05) is 13.8 Å². The summed E-state index contributed by atoms with van der Waals surface area (Å²) in [5, 5.41) is 0. The van der Waals surface area contributed by atoms with Gasteiger partial charge in [0.15, 0.2) is 17.2 Å². The standard InChI is InChI=1S/C23H31FO5/c1-13(25)29-12-19(27)18-7-6-16-17-5-4-14-10-15(26)8-9-22(14,3)23(17,24)20(28)11-21(16,18)2/h14,16-18H,4-12H2,1-3H3/t14-,16-,17-,18+,21-,22-,23-/m0/s1. The van der Waals surface area contributed by atoms with E-state index in [0.29, 0.717) is 32.1 Å². The van der Waals surface area contributed by atoms with Gasteiger partial charge in [0.2, 0.25) is 0 Å². The highest BCUT2D eigenvalue weighted by molar-refractivity contribution is 5.93. The van der Waals surface area contributed by atoms with Crippen LogP contribution in [0.3, 0.4) is 0 Å². The predicted octanol–water partition coefficient (Wildman–Crippen LogP) is 3.62. The number of fused-ring (bicyclic) bond motifs is 5. The van der Waals surface area contributed by atoms with E-state index in [4.69, 9.17) is 4.74 Å². The van der Waals surface area contributed by atoms with Gasteiger partial charge in [-0.2, -0.15) is 0 Å². The molecule has 4 fully saturated rings. The van der Waals surface area contributed by atoms with Gasteiger partial charge in [0.25, 0.3) is 0 Å². The third-order valence-corrected chi connectivity index (χ3v) is 9.12. The molecule has 0 aromatic rings. The van der Waals surface area contributed by atoms with Gasteiger partial charge in [-0.1, -0.05) is 13.8 Å². The third kappa shape index (κ3) is 2.77. The molecule has 0 aliphatic heterocycles. The second-order valence-corrected chi connectivity index (χ2v) is 10.3. The van der Waals surface area contributed by atoms with Crippen LogP contribution in [-0.4, -0.2) is 35.6 Å². The quantitative estimate of drug-likeness (QED) is 0.669. The number of alkyl halides is 1. The summed E-state index contributed by atoms with van der Waals surface area (Å²) >= 11 is 0. The van der Waals surface area contributed by atoms with Gasteiger partial charge in [-0.05, 0) is 49.4 Å². The minimum absolute atomic E-state index is 0.0353. The largest absolute Gasteiger partial charge is 0.458 e. The Hall–Kier alpha value is -1.59. The second-order valence-electron chi connectivity index (χ2n) is 10.3. The first-order valence-corrected chi connectivity index (χ1v) is 10.9. The Kier molecular flexibility index (Phi) is 4.78. The summed E-state index contributed by atoms with van der Waals surface area (Å²) in [5.74, 6) is -1.73. The van der Waals surface area contributed by atoms with E-state index < -0.39 is 28.4 Å². The molecule has 4 saturated carbocycles. The molecular weight excluding hydrogens is 375 g/mol. The van der Waals surface area contributed by atoms with Crippen molar-refractivity contribution >= 4 is 23.3 Å². The van der Waals surface area contributed by atoms with Crippen LogP contribution in [0.1, 0.15) is 72.1 Å². The highest BCUT2D eigenvalue weighted by Gasteiger charge is 2.72. The molecule has 29 heavy (non-hydrogen) atoms. The number of esters is 1. The first kappa shape index (κ1) is 20.7. The zero-order valence-electron chi connectivity index (χ0n) is 17.6. The van der Waals surface area contributed by atoms with Crippen molar-refractivity contribution in [2.75, 3.05) is 6.61 Å². The fourth-order valence-corrected chi connectivity index (χ4v) is 7.57. The van der Waals surface area contributed by atoms with Crippen LogP contribution < -0.4 is 0 Å². The Labute approximate surface area is 171 Å². The molecule has 7 atom stereocenters. The van der Waals surface area contributed by atoms with Crippen LogP contribution in [0.2, 0.25) is 0 Å². The maximum Gasteiger partial charge on any atom is 0.303 e. The molecule has 0 radical (unpaired) electrons. The van der Waals surface area contributed by atoms with Crippen molar-refractivity contribution in [2.45, 2.75) is 77.8 Å². The Morgan fingerprint density at radius 1 is 1.10 bits per heavy atom. The molecule has 0 spiro atoms. The summed E-state index contributed by atoms with van der Waals surface area (Å²) in [7, 11) is 0. The first-order valence-electron chi connectivity index (χ1n) is 10.9. The van der Waals surface area contributed by atoms with Crippen molar-refractivity contribution < 1.29 is 28.3 Å². The summed E-state index contributed by atoms with van der Waals surface area (Å²) in [6.45, 7) is 4.83. The lowest BCUT2D eigenvalue weighted by Gasteiger charge is -2.62. The molecule has 0 amide bonds. The third-order valence-electron chi connectivity index (χ3n) is 9.12. The lowest BCUT2D eigenvalue weighted by Crippen LogP contribution is -2.67. The van der Waals surface area contributed by atoms with Gasteiger partial charge in [0.1, 0.15) is 12.4 Å². The molecule has 0 N–H and O–H groups in total. The number of hydrogen-bond acceptors (Lipinski definition) is 5. The number of Topliss-reactive ketones (excluding diaryl/α,β-unsaturated/α-hetero) is 3. The maximum absolute atomic E-state index is 16.8. The summed E-state index contributed by atoms with van der Waals surface area (Å²) in [6.07, 6.45) is 3.92. The molecule has 0 bridgehead atoms. The highest BCUT2D eigenvalue weighted by atomic mass is 19.1. The van der Waals surface area contributed by atoms with Crippen LogP contribution in [0, 0.1) is 34.5 Å². The average Bonchev–Trinajstić information content (AvgIpc) is 2.98. The fraction of sp³-hybridized carbons (Fsp3) is 0.826. The van der Waals surface area contributed by atoms with Gasteiger partial charge in [0.05, 0.1) is 0 Å². The monoisotopic (exact) mass is 406 g/mol. The van der Waals surface area contributed by atoms with E-state index in [2.05, 4.69) is 0 Å². The number of ether oxygens (including phenoxy) is 1. The van der Waals surface area contributed by atoms with Crippen molar-refractivity contribution in [1.29, 1.82) is 0 Å². The lowest BCUT2D eigenvalue weighted by molar-refractivity contribution is -0.197. The molecule has 0 unspecified atom stereocenters. The number of rotatable bonds is 3. The molecule has 5 nitrogen and oxygen atoms in total. The van der Waals surface area contributed by atoms with Crippen LogP contribution in [0.15, 0.2) is 0 Å². The molecule has 4 aliphatic carbocycles. The summed E-state index contributed by atoms with van der Waals surface area (Å²) in [5.41, 5.74) is -3.28. The number of halogens is 1. The van der Waals surface area contributed by atoms with E-state index in [-0.39, 0.29) is 48.1 Å². The predicted molar refractivity (Wildman–Crippen MR) is 103 cm³/mol. The zero-order valence-corrected chi connectivity index (χ0v) is 17.6. The van der Waals surface area contributed by atoms with Crippen LogP contribution in [0.5, 0.6) is 0 Å². The Balaban J connectivity index is 1.64. The summed E-state index contributed by atoms with van der Waals surface area (Å²) in [4.78, 5) is 49.3. The van der Waals surface area contributed by atoms with E-state index in [1.165, 1.54) is 6.92 Å². The molecule has 4 aliphatic rings. The normalized spacial score (nSPS) is 46.5. The van der Waals surface area contributed by atoms with Crippen molar-refractivity contribution in [2.24, 2.45) is 34.5 Å². The van der Waals surface area contributed by atoms with Gasteiger partial charge in [-0.3, -0.25) is 19.2 Å². The van der Waals surface area contributed by atoms with E-state index in [9.17, 15) is 19.2 Å². The minimum Gasteiger partial charge on any atom is -0.458 e. The van der Waals surface area contributed by atoms with Crippen LogP contribution >= 0.6 is 0 Å². The van der Waals surface area contributed by atoms with E-state index in [0.717, 1.165) is 12.8 Å².